The molecule has 9 nitrogen and oxygen atoms in total. The SMILES string of the molecule is CC/C=C\C/C=C\C/C=C\C/C=C\CCCCCCCCCCCCCCCCCCCCCCCCCCCCC(=O)OC(COC(=O)CCCCCCCCCCCCCCCCCCCCCCCCC/C=C\C/C=C\CCCCCCC)COC(OCC[N+](C)(C)C)C(=O)O. The number of carboxylic acid groups (broad SMARTS) is 1. The predicted molar refractivity (Wildman–Crippen MR) is 429 cm³/mol. The molecule has 0 aliphatic rings. The minimum atomic E-state index is -1.51. The van der Waals surface area contributed by atoms with Crippen LogP contribution in [0.25, 0.3) is 0 Å². The summed E-state index contributed by atoms with van der Waals surface area (Å²) >= 11 is 0. The summed E-state index contributed by atoms with van der Waals surface area (Å²) < 4.78 is 23.1. The number of rotatable bonds is 81. The molecule has 0 aromatic heterocycles. The first kappa shape index (κ1) is 95.7. The molecule has 0 amide bonds. The molecule has 0 rings (SSSR count). The van der Waals surface area contributed by atoms with E-state index in [2.05, 4.69) is 86.8 Å². The number of quaternary nitrogens is 1. The fourth-order valence-electron chi connectivity index (χ4n) is 12.9. The second-order valence-corrected chi connectivity index (χ2v) is 30.5. The van der Waals surface area contributed by atoms with Crippen LogP contribution in [0.4, 0.5) is 0 Å². The van der Waals surface area contributed by atoms with E-state index in [1.54, 1.807) is 0 Å². The molecule has 2 atom stereocenters. The van der Waals surface area contributed by atoms with E-state index in [9.17, 15) is 19.5 Å². The molecule has 9 heteroatoms. The lowest BCUT2D eigenvalue weighted by Crippen LogP contribution is -2.40. The van der Waals surface area contributed by atoms with Gasteiger partial charge in [-0.1, -0.05) is 401 Å². The minimum absolute atomic E-state index is 0.176. The molecule has 0 heterocycles. The number of allylic oxidation sites excluding steroid dienone is 12. The fraction of sp³-hybridized carbons (Fsp3) is 0.833. The summed E-state index contributed by atoms with van der Waals surface area (Å²) in [5.74, 6) is -1.97. The van der Waals surface area contributed by atoms with Crippen molar-refractivity contribution in [2.75, 3.05) is 47.5 Å². The van der Waals surface area contributed by atoms with Gasteiger partial charge < -0.3 is 28.5 Å². The van der Waals surface area contributed by atoms with Gasteiger partial charge in [0.1, 0.15) is 13.2 Å². The Hall–Kier alpha value is -3.27. The average molecular weight is 1390 g/mol. The van der Waals surface area contributed by atoms with Crippen LogP contribution < -0.4 is 0 Å². The van der Waals surface area contributed by atoms with Crippen molar-refractivity contribution in [3.63, 3.8) is 0 Å². The topological polar surface area (TPSA) is 108 Å². The first-order valence-electron chi connectivity index (χ1n) is 43.1. The molecule has 0 spiro atoms. The number of unbranched alkanes of at least 4 members (excludes halogenated alkanes) is 54. The van der Waals surface area contributed by atoms with E-state index in [1.807, 2.05) is 21.1 Å². The van der Waals surface area contributed by atoms with Gasteiger partial charge in [-0.05, 0) is 83.5 Å². The zero-order chi connectivity index (χ0) is 71.8. The normalized spacial score (nSPS) is 12.9. The molecule has 0 saturated carbocycles. The highest BCUT2D eigenvalue weighted by Crippen LogP contribution is 2.20. The Bertz CT molecular complexity index is 1860. The molecule has 0 fully saturated rings. The van der Waals surface area contributed by atoms with E-state index in [-0.39, 0.29) is 38.2 Å². The second-order valence-electron chi connectivity index (χ2n) is 30.5. The van der Waals surface area contributed by atoms with Crippen molar-refractivity contribution in [1.29, 1.82) is 0 Å². The molecule has 0 aliphatic heterocycles. The Morgan fingerprint density at radius 2 is 0.576 bits per heavy atom. The number of likely N-dealkylation sites (N-methyl/N-ethyl adjacent to an activating group) is 1. The lowest BCUT2D eigenvalue weighted by Gasteiger charge is -2.25. The highest BCUT2D eigenvalue weighted by molar-refractivity contribution is 5.71. The Labute approximate surface area is 615 Å². The van der Waals surface area contributed by atoms with Gasteiger partial charge in [0.2, 0.25) is 0 Å². The number of nitrogens with zero attached hydrogens (tertiary/aromatic N) is 1. The number of hydrogen-bond donors (Lipinski definition) is 1. The summed E-state index contributed by atoms with van der Waals surface area (Å²) in [4.78, 5) is 37.8. The molecule has 578 valence electrons. The molecule has 2 unspecified atom stereocenters. The average Bonchev–Trinajstić information content (AvgIpc) is 1.14. The van der Waals surface area contributed by atoms with Gasteiger partial charge in [-0.15, -0.1) is 0 Å². The van der Waals surface area contributed by atoms with Crippen LogP contribution in [-0.2, 0) is 33.3 Å². The zero-order valence-electron chi connectivity index (χ0n) is 66.4. The summed E-state index contributed by atoms with van der Waals surface area (Å²) in [6.45, 7) is 4.83. The van der Waals surface area contributed by atoms with Crippen molar-refractivity contribution in [2.45, 2.75) is 437 Å². The van der Waals surface area contributed by atoms with Crippen LogP contribution in [0.15, 0.2) is 72.9 Å². The Kier molecular flexibility index (Phi) is 77.8. The molecule has 99 heavy (non-hydrogen) atoms. The lowest BCUT2D eigenvalue weighted by molar-refractivity contribution is -0.870. The number of carbonyl (C=O) groups excluding carboxylic acids is 2. The van der Waals surface area contributed by atoms with Gasteiger partial charge in [0, 0.05) is 12.8 Å². The number of ether oxygens (including phenoxy) is 4. The third-order valence-electron chi connectivity index (χ3n) is 19.4. The molecule has 0 radical (unpaired) electrons. The molecule has 0 saturated heterocycles. The number of aliphatic carboxylic acids is 1. The van der Waals surface area contributed by atoms with E-state index < -0.39 is 18.4 Å². The fourth-order valence-corrected chi connectivity index (χ4v) is 12.9. The molecule has 0 aromatic carbocycles. The van der Waals surface area contributed by atoms with Gasteiger partial charge in [0.25, 0.3) is 6.29 Å². The van der Waals surface area contributed by atoms with Crippen LogP contribution in [-0.4, -0.2) is 87.4 Å². The van der Waals surface area contributed by atoms with E-state index in [1.165, 1.54) is 327 Å². The smallest absolute Gasteiger partial charge is 0.361 e. The van der Waals surface area contributed by atoms with Crippen LogP contribution in [0.3, 0.4) is 0 Å². The summed E-state index contributed by atoms with van der Waals surface area (Å²) in [5, 5.41) is 9.79. The predicted octanol–water partition coefficient (Wildman–Crippen LogP) is 27.9. The molecule has 1 N–H and O–H groups in total. The van der Waals surface area contributed by atoms with Gasteiger partial charge >= 0.3 is 17.9 Å². The summed E-state index contributed by atoms with van der Waals surface area (Å²) in [6.07, 6.45) is 107. The van der Waals surface area contributed by atoms with Gasteiger partial charge in [0.15, 0.2) is 6.10 Å². The Balaban J connectivity index is 3.92. The highest BCUT2D eigenvalue weighted by atomic mass is 16.7. The largest absolute Gasteiger partial charge is 0.477 e. The Morgan fingerprint density at radius 1 is 0.313 bits per heavy atom. The van der Waals surface area contributed by atoms with Crippen LogP contribution in [0.1, 0.15) is 425 Å². The molecular formula is C90H166NO8+. The van der Waals surface area contributed by atoms with Crippen molar-refractivity contribution < 1.29 is 42.9 Å². The summed E-state index contributed by atoms with van der Waals surface area (Å²) in [5.41, 5.74) is 0. The maximum absolute atomic E-state index is 13.0. The first-order valence-corrected chi connectivity index (χ1v) is 43.1. The van der Waals surface area contributed by atoms with Crippen LogP contribution in [0.5, 0.6) is 0 Å². The molecule has 0 aliphatic carbocycles. The highest BCUT2D eigenvalue weighted by Gasteiger charge is 2.25. The van der Waals surface area contributed by atoms with E-state index in [0.717, 1.165) is 70.6 Å². The third-order valence-corrected chi connectivity index (χ3v) is 19.4. The molecular weight excluding hydrogens is 1220 g/mol. The van der Waals surface area contributed by atoms with E-state index in [4.69, 9.17) is 18.9 Å². The van der Waals surface area contributed by atoms with E-state index in [0.29, 0.717) is 17.4 Å². The van der Waals surface area contributed by atoms with Crippen molar-refractivity contribution in [1.82, 2.24) is 0 Å². The lowest BCUT2D eigenvalue weighted by atomic mass is 10.0. The van der Waals surface area contributed by atoms with Crippen molar-refractivity contribution in [3.8, 4) is 0 Å². The van der Waals surface area contributed by atoms with Crippen molar-refractivity contribution in [3.05, 3.63) is 72.9 Å². The molecule has 0 bridgehead atoms. The number of esters is 2. The standard InChI is InChI=1S/C90H165NO8/c1-6-8-10-12-14-16-18-20-22-24-26-28-30-32-34-36-38-40-42-43-44-45-47-49-51-53-55-57-59-61-63-65-67-69-71-73-75-77-79-81-88(93)99-86(85-98-90(89(94)95)96-83-82-91(3,4)5)84-97-87(92)80-78-76-74-72-70-68-66-64-62-60-58-56-54-52-50-48-46-41-39-37-35-33-31-29-27-25-23-21-19-17-15-13-11-9-7-2/h8,10,14,16,19-22,25-28,86,90H,6-7,9,11-13,15,17-18,23-24,29-85H2,1-5H3/p+1/b10-8-,16-14-,21-19-,22-20-,27-25-,28-26-. The number of hydrogen-bond acceptors (Lipinski definition) is 7. The summed E-state index contributed by atoms with van der Waals surface area (Å²) in [7, 11) is 6.00. The minimum Gasteiger partial charge on any atom is -0.477 e. The summed E-state index contributed by atoms with van der Waals surface area (Å²) in [6, 6.07) is 0. The zero-order valence-corrected chi connectivity index (χ0v) is 66.4. The first-order chi connectivity index (χ1) is 48.6. The third kappa shape index (κ3) is 81.9. The van der Waals surface area contributed by atoms with E-state index >= 15 is 0 Å². The van der Waals surface area contributed by atoms with Gasteiger partial charge in [-0.25, -0.2) is 4.79 Å². The Morgan fingerprint density at radius 3 is 0.859 bits per heavy atom. The van der Waals surface area contributed by atoms with Crippen LogP contribution >= 0.6 is 0 Å². The monoisotopic (exact) mass is 1390 g/mol. The van der Waals surface area contributed by atoms with Crippen LogP contribution in [0, 0.1) is 0 Å². The van der Waals surface area contributed by atoms with Gasteiger partial charge in [-0.3, -0.25) is 9.59 Å². The maximum atomic E-state index is 13.0. The maximum Gasteiger partial charge on any atom is 0.361 e. The van der Waals surface area contributed by atoms with Crippen molar-refractivity contribution in [2.24, 2.45) is 0 Å². The second kappa shape index (κ2) is 80.4. The van der Waals surface area contributed by atoms with Gasteiger partial charge in [0.05, 0.1) is 34.4 Å². The van der Waals surface area contributed by atoms with Crippen LogP contribution in [0.2, 0.25) is 0 Å². The van der Waals surface area contributed by atoms with Gasteiger partial charge in [-0.2, -0.15) is 0 Å². The number of carboxylic acids is 1. The number of carbonyl (C=O) groups is 3. The van der Waals surface area contributed by atoms with Crippen molar-refractivity contribution >= 4 is 17.9 Å². The molecule has 0 aromatic rings. The quantitative estimate of drug-likeness (QED) is 0.0211.